The van der Waals surface area contributed by atoms with E-state index < -0.39 is 36.1 Å². The van der Waals surface area contributed by atoms with E-state index in [1.807, 2.05) is 6.92 Å². The molecule has 166 valence electrons. The number of β-amino-alcohol motifs (C(OH)–C–C–N with tert-alkyl or cyclic N) is 1. The first-order chi connectivity index (χ1) is 14.1. The lowest BCUT2D eigenvalue weighted by atomic mass is 9.79. The number of hydrogen-bond donors (Lipinski definition) is 2. The minimum atomic E-state index is -0.863. The predicted octanol–water partition coefficient (Wildman–Crippen LogP) is -0.903. The van der Waals surface area contributed by atoms with Gasteiger partial charge in [0.1, 0.15) is 11.7 Å². The molecule has 0 aromatic heterocycles. The first-order valence-electron chi connectivity index (χ1n) is 9.65. The highest BCUT2D eigenvalue weighted by Crippen LogP contribution is 2.50. The number of thioether (sulfide) groups is 1. The van der Waals surface area contributed by atoms with Crippen molar-refractivity contribution < 1.29 is 38.9 Å². The Morgan fingerprint density at radius 2 is 1.93 bits per heavy atom. The lowest BCUT2D eigenvalue weighted by Crippen LogP contribution is -2.63. The van der Waals surface area contributed by atoms with Gasteiger partial charge in [0.05, 0.1) is 44.1 Å². The van der Waals surface area contributed by atoms with Gasteiger partial charge in [-0.25, -0.2) is 9.59 Å². The molecule has 10 nitrogen and oxygen atoms in total. The van der Waals surface area contributed by atoms with Crippen molar-refractivity contribution in [3.63, 3.8) is 0 Å². The molecule has 2 N–H and O–H groups in total. The van der Waals surface area contributed by atoms with Crippen LogP contribution in [0, 0.1) is 11.8 Å². The molecule has 2 fully saturated rings. The Hall–Kier alpha value is -2.11. The Morgan fingerprint density at radius 1 is 1.27 bits per heavy atom. The van der Waals surface area contributed by atoms with Crippen molar-refractivity contribution in [1.29, 1.82) is 0 Å². The highest BCUT2D eigenvalue weighted by molar-refractivity contribution is 8.03. The molecule has 0 aromatic rings. The number of carbonyl (C=O) groups excluding carboxylic acids is 4. The molecule has 3 rings (SSSR count). The van der Waals surface area contributed by atoms with E-state index in [0.29, 0.717) is 4.91 Å². The summed E-state index contributed by atoms with van der Waals surface area (Å²) in [4.78, 5) is 52.7. The number of rotatable bonds is 6. The van der Waals surface area contributed by atoms with Crippen LogP contribution in [0.5, 0.6) is 0 Å². The molecule has 0 unspecified atom stereocenters. The van der Waals surface area contributed by atoms with Gasteiger partial charge in [0.15, 0.2) is 0 Å². The molecule has 6 atom stereocenters. The maximum atomic E-state index is 12.8. The number of ether oxygens (including phenoxy) is 2. The van der Waals surface area contributed by atoms with E-state index in [0.717, 1.165) is 11.8 Å². The maximum absolute atomic E-state index is 12.8. The van der Waals surface area contributed by atoms with Crippen LogP contribution in [0.2, 0.25) is 0 Å². The zero-order valence-electron chi connectivity index (χ0n) is 17.2. The van der Waals surface area contributed by atoms with Crippen LogP contribution in [-0.2, 0) is 28.7 Å². The van der Waals surface area contributed by atoms with Crippen molar-refractivity contribution in [3.05, 3.63) is 10.6 Å². The van der Waals surface area contributed by atoms with Crippen molar-refractivity contribution in [1.82, 2.24) is 9.80 Å². The van der Waals surface area contributed by atoms with E-state index in [9.17, 15) is 29.4 Å². The van der Waals surface area contributed by atoms with Gasteiger partial charge >= 0.3 is 11.9 Å². The van der Waals surface area contributed by atoms with Gasteiger partial charge in [-0.15, -0.1) is 11.8 Å². The number of amides is 2. The van der Waals surface area contributed by atoms with Crippen molar-refractivity contribution >= 4 is 35.5 Å². The molecule has 3 aliphatic heterocycles. The number of fused-ring (bicyclic) bond motifs is 1. The van der Waals surface area contributed by atoms with Gasteiger partial charge in [0.25, 0.3) is 0 Å². The lowest BCUT2D eigenvalue weighted by Gasteiger charge is -2.46. The third-order valence-corrected chi connectivity index (χ3v) is 7.18. The third kappa shape index (κ3) is 3.58. The van der Waals surface area contributed by atoms with Crippen LogP contribution in [-0.4, -0.2) is 94.6 Å². The molecule has 30 heavy (non-hydrogen) atoms. The topological polar surface area (TPSA) is 134 Å². The predicted molar refractivity (Wildman–Crippen MR) is 105 cm³/mol. The largest absolute Gasteiger partial charge is 0.467 e. The average molecular weight is 442 g/mol. The quantitative estimate of drug-likeness (QED) is 0.396. The number of methoxy groups -OCH3 is 2. The first-order valence-corrected chi connectivity index (χ1v) is 10.6. The number of hydrogen-bond acceptors (Lipinski definition) is 9. The van der Waals surface area contributed by atoms with E-state index in [1.165, 1.54) is 30.9 Å². The normalized spacial score (nSPS) is 31.4. The summed E-state index contributed by atoms with van der Waals surface area (Å²) in [5, 5.41) is 19.8. The highest BCUT2D eigenvalue weighted by Gasteiger charge is 2.60. The van der Waals surface area contributed by atoms with Crippen LogP contribution in [0.25, 0.3) is 0 Å². The minimum absolute atomic E-state index is 0.0228. The molecular weight excluding hydrogens is 416 g/mol. The van der Waals surface area contributed by atoms with E-state index in [4.69, 9.17) is 9.47 Å². The Bertz CT molecular complexity index is 797. The Balaban J connectivity index is 1.78. The highest BCUT2D eigenvalue weighted by atomic mass is 32.2. The van der Waals surface area contributed by atoms with Crippen LogP contribution in [0.4, 0.5) is 0 Å². The van der Waals surface area contributed by atoms with Gasteiger partial charge in [-0.1, -0.05) is 6.92 Å². The van der Waals surface area contributed by atoms with Gasteiger partial charge in [-0.05, 0) is 6.92 Å². The van der Waals surface area contributed by atoms with Crippen LogP contribution in [0.3, 0.4) is 0 Å². The summed E-state index contributed by atoms with van der Waals surface area (Å²) in [6.45, 7) is 3.39. The summed E-state index contributed by atoms with van der Waals surface area (Å²) >= 11 is 1.10. The van der Waals surface area contributed by atoms with Gasteiger partial charge in [-0.2, -0.15) is 0 Å². The lowest BCUT2D eigenvalue weighted by molar-refractivity contribution is -0.163. The minimum Gasteiger partial charge on any atom is -0.467 e. The molecule has 3 heterocycles. The zero-order chi connectivity index (χ0) is 22.3. The Kier molecular flexibility index (Phi) is 6.44. The number of nitrogens with zero attached hydrogens (tertiary/aromatic N) is 2. The first kappa shape index (κ1) is 22.6. The van der Waals surface area contributed by atoms with Crippen LogP contribution in [0.1, 0.15) is 20.3 Å². The molecule has 0 aromatic carbocycles. The number of esters is 2. The molecule has 3 aliphatic rings. The number of aliphatic hydroxyl groups excluding tert-OH is 2. The molecular formula is C19H26N2O8S. The van der Waals surface area contributed by atoms with Gasteiger partial charge in [0.2, 0.25) is 11.8 Å². The summed E-state index contributed by atoms with van der Waals surface area (Å²) in [6.07, 6.45) is -1.57. The Labute approximate surface area is 178 Å². The zero-order valence-corrected chi connectivity index (χ0v) is 18.0. The van der Waals surface area contributed by atoms with Gasteiger partial charge in [0, 0.05) is 23.8 Å². The van der Waals surface area contributed by atoms with Crippen molar-refractivity contribution in [2.75, 3.05) is 26.5 Å². The standard InChI is InChI=1S/C19H26N2O8S/c1-8-14-13(9(2)22)17(25)21(14)15(19(27)29-4)16(8)30-7-12(24)20-6-10(23)5-11(20)18(26)28-3/h8-11,13-14,22-23H,5-7H2,1-4H3/t8-,9-,10-,11+,13-,14-/m1/s1. The number of aliphatic hydroxyl groups is 2. The SMILES string of the molecule is COC(=O)C1=C(SCC(=O)N2C[C@H](O)C[C@H]2C(=O)OC)[C@H](C)[C@@H]2[C@@H]([C@@H](C)O)C(=O)N12. The molecule has 0 radical (unpaired) electrons. The van der Waals surface area contributed by atoms with Gasteiger partial charge < -0.3 is 29.5 Å². The maximum Gasteiger partial charge on any atom is 0.355 e. The third-order valence-electron chi connectivity index (χ3n) is 5.91. The summed E-state index contributed by atoms with van der Waals surface area (Å²) in [5.74, 6) is -2.99. The van der Waals surface area contributed by atoms with Crippen molar-refractivity contribution in [2.24, 2.45) is 11.8 Å². The van der Waals surface area contributed by atoms with Crippen LogP contribution < -0.4 is 0 Å². The van der Waals surface area contributed by atoms with E-state index in [2.05, 4.69) is 0 Å². The molecule has 11 heteroatoms. The molecule has 0 saturated carbocycles. The van der Waals surface area contributed by atoms with Crippen LogP contribution in [0.15, 0.2) is 10.6 Å². The second kappa shape index (κ2) is 8.56. The molecule has 0 aliphatic carbocycles. The summed E-state index contributed by atoms with van der Waals surface area (Å²) in [5.41, 5.74) is 0.0978. The summed E-state index contributed by atoms with van der Waals surface area (Å²) in [6, 6.07) is -1.23. The van der Waals surface area contributed by atoms with E-state index in [-0.39, 0.29) is 48.2 Å². The van der Waals surface area contributed by atoms with Crippen LogP contribution >= 0.6 is 11.8 Å². The second-order valence-electron chi connectivity index (χ2n) is 7.72. The second-order valence-corrected chi connectivity index (χ2v) is 8.74. The summed E-state index contributed by atoms with van der Waals surface area (Å²) in [7, 11) is 2.43. The van der Waals surface area contributed by atoms with E-state index in [1.54, 1.807) is 0 Å². The fourth-order valence-electron chi connectivity index (χ4n) is 4.47. The fraction of sp³-hybridized carbons (Fsp3) is 0.684. The number of β-lactam (4-membered cyclic amide) rings is 1. The smallest absolute Gasteiger partial charge is 0.355 e. The molecule has 0 spiro atoms. The molecule has 0 bridgehead atoms. The molecule has 2 saturated heterocycles. The average Bonchev–Trinajstić information content (AvgIpc) is 3.20. The fourth-order valence-corrected chi connectivity index (χ4v) is 5.64. The van der Waals surface area contributed by atoms with Gasteiger partial charge in [-0.3, -0.25) is 9.59 Å². The van der Waals surface area contributed by atoms with Crippen molar-refractivity contribution in [3.8, 4) is 0 Å². The summed E-state index contributed by atoms with van der Waals surface area (Å²) < 4.78 is 9.55. The molecule has 2 amide bonds. The number of likely N-dealkylation sites (tertiary alicyclic amines) is 1. The monoisotopic (exact) mass is 442 g/mol. The number of carbonyl (C=O) groups is 4. The van der Waals surface area contributed by atoms with Crippen molar-refractivity contribution in [2.45, 2.75) is 44.6 Å². The Morgan fingerprint density at radius 3 is 2.50 bits per heavy atom. The van der Waals surface area contributed by atoms with E-state index >= 15 is 0 Å².